The summed E-state index contributed by atoms with van der Waals surface area (Å²) in [5, 5.41) is 8.57. The molecular weight excluding hydrogens is 464 g/mol. The third kappa shape index (κ3) is 4.03. The van der Waals surface area contributed by atoms with E-state index < -0.39 is 0 Å². The lowest BCUT2D eigenvalue weighted by Crippen LogP contribution is -2.45. The first kappa shape index (κ1) is 22.9. The van der Waals surface area contributed by atoms with Crippen LogP contribution >= 0.6 is 0 Å². The third-order valence-corrected chi connectivity index (χ3v) is 8.57. The van der Waals surface area contributed by atoms with E-state index in [4.69, 9.17) is 10.5 Å². The fraction of sp³-hybridized carbons (Fsp3) is 0.483. The summed E-state index contributed by atoms with van der Waals surface area (Å²) in [5.41, 5.74) is 11.5. The first-order valence-electron chi connectivity index (χ1n) is 13.8. The maximum absolute atomic E-state index is 13.4. The van der Waals surface area contributed by atoms with Crippen molar-refractivity contribution in [3.8, 4) is 5.75 Å². The molecule has 194 valence electrons. The number of nitrogens with two attached hydrogens (primary N) is 1. The van der Waals surface area contributed by atoms with Gasteiger partial charge in [0.25, 0.3) is 5.91 Å². The van der Waals surface area contributed by atoms with Gasteiger partial charge in [-0.05, 0) is 69.0 Å². The molecule has 4 N–H and O–H groups in total. The normalized spacial score (nSPS) is 23.6. The van der Waals surface area contributed by atoms with Crippen LogP contribution in [0, 0.1) is 5.92 Å². The number of rotatable bonds is 4. The first-order valence-corrected chi connectivity index (χ1v) is 13.8. The number of piperidine rings is 2. The summed E-state index contributed by atoms with van der Waals surface area (Å²) >= 11 is 0. The van der Waals surface area contributed by atoms with Crippen molar-refractivity contribution < 1.29 is 9.53 Å². The molecule has 0 aliphatic carbocycles. The summed E-state index contributed by atoms with van der Waals surface area (Å²) in [7, 11) is 0. The molecule has 8 heteroatoms. The van der Waals surface area contributed by atoms with Gasteiger partial charge in [-0.2, -0.15) is 0 Å². The van der Waals surface area contributed by atoms with E-state index in [1.807, 2.05) is 17.0 Å². The molecular formula is C29H36N6O2. The molecule has 3 aromatic rings. The van der Waals surface area contributed by atoms with E-state index in [1.165, 1.54) is 29.4 Å². The Morgan fingerprint density at radius 3 is 2.81 bits per heavy atom. The van der Waals surface area contributed by atoms with Crippen LogP contribution in [0.1, 0.15) is 47.9 Å². The molecule has 7 rings (SSSR count). The highest BCUT2D eigenvalue weighted by Crippen LogP contribution is 2.50. The summed E-state index contributed by atoms with van der Waals surface area (Å²) in [5.74, 6) is 1.50. The van der Waals surface area contributed by atoms with Crippen molar-refractivity contribution in [2.75, 3.05) is 49.5 Å². The van der Waals surface area contributed by atoms with Crippen LogP contribution in [-0.4, -0.2) is 60.7 Å². The minimum atomic E-state index is 0.000488. The van der Waals surface area contributed by atoms with Crippen LogP contribution in [0.3, 0.4) is 0 Å². The van der Waals surface area contributed by atoms with Crippen molar-refractivity contribution in [2.24, 2.45) is 11.7 Å². The van der Waals surface area contributed by atoms with Crippen molar-refractivity contribution >= 4 is 28.2 Å². The van der Waals surface area contributed by atoms with Crippen molar-refractivity contribution in [1.29, 1.82) is 0 Å². The zero-order chi connectivity index (χ0) is 24.9. The Hall–Kier alpha value is -3.23. The lowest BCUT2D eigenvalue weighted by molar-refractivity contribution is 0.0708. The number of para-hydroxylation sites is 1. The van der Waals surface area contributed by atoms with Gasteiger partial charge in [0.05, 0.1) is 17.9 Å². The number of nitrogens with one attached hydrogen (secondary N) is 2. The Bertz CT molecular complexity index is 1330. The second-order valence-electron chi connectivity index (χ2n) is 11.0. The lowest BCUT2D eigenvalue weighted by atomic mass is 9.98. The predicted molar refractivity (Wildman–Crippen MR) is 146 cm³/mol. The van der Waals surface area contributed by atoms with Gasteiger partial charge < -0.3 is 35.5 Å². The molecule has 0 saturated carbocycles. The minimum absolute atomic E-state index is 0.000488. The Morgan fingerprint density at radius 1 is 1.08 bits per heavy atom. The van der Waals surface area contributed by atoms with Gasteiger partial charge in [0, 0.05) is 42.1 Å². The number of anilines is 2. The van der Waals surface area contributed by atoms with Crippen LogP contribution < -0.4 is 26.0 Å². The molecule has 2 fully saturated rings. The second-order valence-corrected chi connectivity index (χ2v) is 11.0. The number of hydrogen-bond acceptors (Lipinski definition) is 6. The molecule has 4 aliphatic rings. The monoisotopic (exact) mass is 500 g/mol. The van der Waals surface area contributed by atoms with E-state index in [9.17, 15) is 4.79 Å². The summed E-state index contributed by atoms with van der Waals surface area (Å²) in [4.78, 5) is 17.7. The number of benzene rings is 2. The van der Waals surface area contributed by atoms with Gasteiger partial charge in [-0.15, -0.1) is 0 Å². The van der Waals surface area contributed by atoms with E-state index in [1.54, 1.807) is 0 Å². The number of ether oxygens (including phenoxy) is 1. The number of carbonyl (C=O) groups excluding carboxylic acids is 1. The van der Waals surface area contributed by atoms with Crippen LogP contribution in [-0.2, 0) is 6.54 Å². The fourth-order valence-electron chi connectivity index (χ4n) is 6.69. The van der Waals surface area contributed by atoms with Gasteiger partial charge in [-0.1, -0.05) is 18.2 Å². The van der Waals surface area contributed by atoms with Crippen LogP contribution in [0.25, 0.3) is 10.9 Å². The number of likely N-dealkylation sites (tertiary alicyclic amines) is 1. The smallest absolute Gasteiger partial charge is 0.254 e. The summed E-state index contributed by atoms with van der Waals surface area (Å²) in [6.07, 6.45) is 4.35. The highest BCUT2D eigenvalue weighted by atomic mass is 16.5. The molecule has 1 amide bonds. The maximum Gasteiger partial charge on any atom is 0.254 e. The fourth-order valence-corrected chi connectivity index (χ4v) is 6.69. The number of nitrogens with zero attached hydrogens (tertiary/aromatic N) is 3. The van der Waals surface area contributed by atoms with Gasteiger partial charge in [-0.25, -0.2) is 0 Å². The molecule has 8 nitrogen and oxygen atoms in total. The molecule has 4 aliphatic heterocycles. The number of carbonyl (C=O) groups is 1. The topological polar surface area (TPSA) is 87.8 Å². The predicted octanol–water partition coefficient (Wildman–Crippen LogP) is 3.53. The van der Waals surface area contributed by atoms with Crippen LogP contribution in [0.5, 0.6) is 5.75 Å². The van der Waals surface area contributed by atoms with Crippen molar-refractivity contribution in [2.45, 2.75) is 44.4 Å². The molecule has 0 radical (unpaired) electrons. The highest BCUT2D eigenvalue weighted by molar-refractivity contribution is 5.99. The second kappa shape index (κ2) is 9.26. The molecule has 2 saturated heterocycles. The average molecular weight is 501 g/mol. The Morgan fingerprint density at radius 2 is 1.95 bits per heavy atom. The zero-order valence-corrected chi connectivity index (χ0v) is 21.3. The van der Waals surface area contributed by atoms with Gasteiger partial charge in [0.15, 0.2) is 0 Å². The SMILES string of the molecule is NC1CCCN(C(=O)c2cc3c4c(c2)OCCN4[C@H](c2cc4ccccc4n2CC2CCNCC2)N3)C1. The molecule has 1 aromatic heterocycles. The Balaban J connectivity index is 1.25. The number of aromatic nitrogens is 1. The van der Waals surface area contributed by atoms with Gasteiger partial charge in [-0.3, -0.25) is 4.79 Å². The lowest BCUT2D eigenvalue weighted by Gasteiger charge is -2.33. The van der Waals surface area contributed by atoms with Crippen molar-refractivity contribution in [1.82, 2.24) is 14.8 Å². The zero-order valence-electron chi connectivity index (χ0n) is 21.3. The Labute approximate surface area is 217 Å². The van der Waals surface area contributed by atoms with Crippen molar-refractivity contribution in [3.05, 3.63) is 53.7 Å². The maximum atomic E-state index is 13.4. The van der Waals surface area contributed by atoms with Gasteiger partial charge in [0.2, 0.25) is 0 Å². The molecule has 2 atom stereocenters. The van der Waals surface area contributed by atoms with Gasteiger partial charge in [0.1, 0.15) is 24.2 Å². The largest absolute Gasteiger partial charge is 0.489 e. The van der Waals surface area contributed by atoms with Crippen LogP contribution in [0.4, 0.5) is 11.4 Å². The van der Waals surface area contributed by atoms with E-state index in [-0.39, 0.29) is 18.1 Å². The van der Waals surface area contributed by atoms with E-state index in [0.717, 1.165) is 62.7 Å². The molecule has 5 heterocycles. The minimum Gasteiger partial charge on any atom is -0.489 e. The standard InChI is InChI=1S/C29H36N6O2/c30-22-5-3-11-33(18-22)29(36)21-14-23-27-26(16-21)37-13-12-34(27)28(32-23)25-15-20-4-1-2-6-24(20)35(25)17-19-7-9-31-10-8-19/h1-2,4,6,14-16,19,22,28,31-32H,3,5,7-13,17-18,30H2/t22?,28-/m1/s1. The Kier molecular flexibility index (Phi) is 5.74. The number of fused-ring (bicyclic) bond motifs is 1. The van der Waals surface area contributed by atoms with Crippen LogP contribution in [0.15, 0.2) is 42.5 Å². The quantitative estimate of drug-likeness (QED) is 0.508. The average Bonchev–Trinajstić information content (AvgIpc) is 3.48. The molecule has 0 bridgehead atoms. The van der Waals surface area contributed by atoms with E-state index >= 15 is 0 Å². The molecule has 0 spiro atoms. The first-order chi connectivity index (χ1) is 18.2. The molecule has 2 aromatic carbocycles. The summed E-state index contributed by atoms with van der Waals surface area (Å²) < 4.78 is 8.65. The highest BCUT2D eigenvalue weighted by Gasteiger charge is 2.38. The number of amides is 1. The van der Waals surface area contributed by atoms with Crippen LogP contribution in [0.2, 0.25) is 0 Å². The molecule has 37 heavy (non-hydrogen) atoms. The van der Waals surface area contributed by atoms with Gasteiger partial charge >= 0.3 is 0 Å². The summed E-state index contributed by atoms with van der Waals surface area (Å²) in [6.45, 7) is 6.00. The summed E-state index contributed by atoms with van der Waals surface area (Å²) in [6, 6.07) is 15.1. The number of hydrogen-bond donors (Lipinski definition) is 3. The van der Waals surface area contributed by atoms with E-state index in [0.29, 0.717) is 24.6 Å². The molecule has 1 unspecified atom stereocenters. The third-order valence-electron chi connectivity index (χ3n) is 8.57. The van der Waals surface area contributed by atoms with E-state index in [2.05, 4.69) is 50.4 Å². The van der Waals surface area contributed by atoms with Crippen molar-refractivity contribution in [3.63, 3.8) is 0 Å².